The lowest BCUT2D eigenvalue weighted by atomic mass is 10.2. The van der Waals surface area contributed by atoms with Gasteiger partial charge < -0.3 is 10.4 Å². The number of benzene rings is 1. The molecule has 0 radical (unpaired) electrons. The minimum Gasteiger partial charge on any atom is -0.478 e. The number of hydrogen-bond acceptors (Lipinski definition) is 3. The van der Waals surface area contributed by atoms with E-state index in [4.69, 9.17) is 5.11 Å². The van der Waals surface area contributed by atoms with E-state index in [2.05, 4.69) is 5.32 Å². The van der Waals surface area contributed by atoms with E-state index >= 15 is 0 Å². The van der Waals surface area contributed by atoms with Crippen molar-refractivity contribution in [1.29, 1.82) is 0 Å². The van der Waals surface area contributed by atoms with E-state index in [0.29, 0.717) is 0 Å². The molecule has 0 saturated carbocycles. The summed E-state index contributed by atoms with van der Waals surface area (Å²) in [6, 6.07) is 10.2. The first-order valence-electron chi connectivity index (χ1n) is 5.94. The number of amides is 1. The zero-order valence-electron chi connectivity index (χ0n) is 10.8. The topological polar surface area (TPSA) is 66.4 Å². The monoisotopic (exact) mass is 287 g/mol. The third-order valence-corrected chi connectivity index (χ3v) is 3.54. The molecule has 0 aliphatic heterocycles. The summed E-state index contributed by atoms with van der Waals surface area (Å²) in [6.07, 6.45) is 3.10. The minimum atomic E-state index is -1.07. The lowest BCUT2D eigenvalue weighted by molar-refractivity contribution is -0.111. The highest BCUT2D eigenvalue weighted by Crippen LogP contribution is 2.17. The highest BCUT2D eigenvalue weighted by molar-refractivity contribution is 7.12. The number of anilines is 1. The second-order valence-corrected chi connectivity index (χ2v) is 5.44. The van der Waals surface area contributed by atoms with Crippen LogP contribution < -0.4 is 5.32 Å². The fraction of sp³-hybridized carbons (Fsp3) is 0.0667. The van der Waals surface area contributed by atoms with Crippen molar-refractivity contribution in [2.45, 2.75) is 6.92 Å². The van der Waals surface area contributed by atoms with E-state index in [0.717, 1.165) is 4.88 Å². The number of hydrogen-bond donors (Lipinski definition) is 2. The zero-order valence-corrected chi connectivity index (χ0v) is 11.6. The Labute approximate surface area is 120 Å². The Kier molecular flexibility index (Phi) is 4.32. The van der Waals surface area contributed by atoms with Crippen molar-refractivity contribution in [1.82, 2.24) is 0 Å². The van der Waals surface area contributed by atoms with E-state index in [9.17, 15) is 9.59 Å². The van der Waals surface area contributed by atoms with Gasteiger partial charge >= 0.3 is 5.97 Å². The fourth-order valence-electron chi connectivity index (χ4n) is 1.65. The van der Waals surface area contributed by atoms with Gasteiger partial charge in [-0.15, -0.1) is 11.3 Å². The second kappa shape index (κ2) is 6.16. The van der Waals surface area contributed by atoms with E-state index in [1.54, 1.807) is 35.6 Å². The number of carbonyl (C=O) groups excluding carboxylic acids is 1. The molecule has 0 atom stereocenters. The van der Waals surface area contributed by atoms with Crippen molar-refractivity contribution >= 4 is 35.0 Å². The van der Waals surface area contributed by atoms with Crippen molar-refractivity contribution in [2.24, 2.45) is 0 Å². The third-order valence-electron chi connectivity index (χ3n) is 2.58. The van der Waals surface area contributed by atoms with Crippen LogP contribution in [0.25, 0.3) is 6.08 Å². The van der Waals surface area contributed by atoms with Gasteiger partial charge in [-0.1, -0.05) is 12.1 Å². The molecule has 20 heavy (non-hydrogen) atoms. The van der Waals surface area contributed by atoms with Crippen LogP contribution in [0.15, 0.2) is 42.5 Å². The predicted octanol–water partition coefficient (Wildman–Crippen LogP) is 3.41. The molecule has 1 aromatic heterocycles. The normalized spacial score (nSPS) is 10.7. The largest absolute Gasteiger partial charge is 0.478 e. The number of thiophene rings is 1. The van der Waals surface area contributed by atoms with E-state index in [1.807, 2.05) is 19.1 Å². The average molecular weight is 287 g/mol. The molecular formula is C15H13NO3S. The van der Waals surface area contributed by atoms with Crippen LogP contribution in [0.4, 0.5) is 5.69 Å². The Morgan fingerprint density at radius 2 is 1.95 bits per heavy atom. The highest BCUT2D eigenvalue weighted by Gasteiger charge is 2.10. The van der Waals surface area contributed by atoms with Gasteiger partial charge in [0.25, 0.3) is 0 Å². The van der Waals surface area contributed by atoms with Gasteiger partial charge in [0.15, 0.2) is 0 Å². The van der Waals surface area contributed by atoms with Crippen LogP contribution in [0.5, 0.6) is 0 Å². The molecule has 0 saturated heterocycles. The van der Waals surface area contributed by atoms with Crippen LogP contribution >= 0.6 is 11.3 Å². The number of aromatic carboxylic acids is 1. The number of carbonyl (C=O) groups is 2. The number of nitrogens with one attached hydrogen (secondary N) is 1. The molecule has 5 heteroatoms. The first-order chi connectivity index (χ1) is 9.56. The number of aryl methyl sites for hydroxylation is 1. The number of carboxylic acids is 1. The van der Waals surface area contributed by atoms with Crippen molar-refractivity contribution in [3.05, 3.63) is 57.8 Å². The highest BCUT2D eigenvalue weighted by atomic mass is 32.1. The standard InChI is InChI=1S/C15H13NO3S/c1-10-6-7-11(20-10)8-9-14(17)16-13-5-3-2-4-12(13)15(18)19/h2-9H,1H3,(H,16,17)(H,18,19)/b9-8+. The molecule has 0 aliphatic carbocycles. The van der Waals surface area contributed by atoms with Crippen LogP contribution in [0.2, 0.25) is 0 Å². The van der Waals surface area contributed by atoms with Crippen LogP contribution in [-0.4, -0.2) is 17.0 Å². The summed E-state index contributed by atoms with van der Waals surface area (Å²) in [4.78, 5) is 24.9. The van der Waals surface area contributed by atoms with Gasteiger partial charge in [0.1, 0.15) is 0 Å². The fourth-order valence-corrected chi connectivity index (χ4v) is 2.43. The Hall–Kier alpha value is -2.40. The second-order valence-electron chi connectivity index (χ2n) is 4.12. The molecule has 0 bridgehead atoms. The third kappa shape index (κ3) is 3.55. The van der Waals surface area contributed by atoms with E-state index in [-0.39, 0.29) is 17.2 Å². The SMILES string of the molecule is Cc1ccc(/C=C/C(=O)Nc2ccccc2C(=O)O)s1. The Morgan fingerprint density at radius 3 is 2.60 bits per heavy atom. The van der Waals surface area contributed by atoms with Crippen LogP contribution in [0, 0.1) is 6.92 Å². The number of rotatable bonds is 4. The Balaban J connectivity index is 2.09. The first-order valence-corrected chi connectivity index (χ1v) is 6.76. The molecule has 0 fully saturated rings. The van der Waals surface area contributed by atoms with Gasteiger partial charge in [-0.25, -0.2) is 4.79 Å². The van der Waals surface area contributed by atoms with Crippen LogP contribution in [-0.2, 0) is 4.79 Å². The van der Waals surface area contributed by atoms with Gasteiger partial charge in [-0.2, -0.15) is 0 Å². The van der Waals surface area contributed by atoms with Crippen molar-refractivity contribution in [3.8, 4) is 0 Å². The molecule has 2 N–H and O–H groups in total. The summed E-state index contributed by atoms with van der Waals surface area (Å²) in [7, 11) is 0. The maximum Gasteiger partial charge on any atom is 0.337 e. The maximum absolute atomic E-state index is 11.8. The lowest BCUT2D eigenvalue weighted by Gasteiger charge is -2.05. The lowest BCUT2D eigenvalue weighted by Crippen LogP contribution is -2.11. The van der Waals surface area contributed by atoms with Gasteiger partial charge in [-0.05, 0) is 37.3 Å². The average Bonchev–Trinajstić information content (AvgIpc) is 2.83. The van der Waals surface area contributed by atoms with Crippen LogP contribution in [0.3, 0.4) is 0 Å². The van der Waals surface area contributed by atoms with Gasteiger partial charge in [0.2, 0.25) is 5.91 Å². The Bertz CT molecular complexity index is 673. The molecule has 0 unspecified atom stereocenters. The molecule has 0 spiro atoms. The van der Waals surface area contributed by atoms with Crippen LogP contribution in [0.1, 0.15) is 20.1 Å². The smallest absolute Gasteiger partial charge is 0.337 e. The summed E-state index contributed by atoms with van der Waals surface area (Å²) < 4.78 is 0. The van der Waals surface area contributed by atoms with Crippen molar-refractivity contribution in [3.63, 3.8) is 0 Å². The number of para-hydroxylation sites is 1. The predicted molar refractivity (Wildman–Crippen MR) is 80.1 cm³/mol. The number of carboxylic acid groups (broad SMARTS) is 1. The summed E-state index contributed by atoms with van der Waals surface area (Å²) in [5, 5.41) is 11.6. The molecule has 102 valence electrons. The van der Waals surface area contributed by atoms with E-state index in [1.165, 1.54) is 17.0 Å². The summed E-state index contributed by atoms with van der Waals surface area (Å²) in [5.41, 5.74) is 0.359. The maximum atomic E-state index is 11.8. The van der Waals surface area contributed by atoms with Gasteiger partial charge in [-0.3, -0.25) is 4.79 Å². The molecular weight excluding hydrogens is 274 g/mol. The zero-order chi connectivity index (χ0) is 14.5. The van der Waals surface area contributed by atoms with Crippen molar-refractivity contribution < 1.29 is 14.7 Å². The molecule has 2 aromatic rings. The molecule has 0 aliphatic rings. The first kappa shape index (κ1) is 14.0. The van der Waals surface area contributed by atoms with Gasteiger partial charge in [0, 0.05) is 15.8 Å². The van der Waals surface area contributed by atoms with E-state index < -0.39 is 5.97 Å². The van der Waals surface area contributed by atoms with Gasteiger partial charge in [0.05, 0.1) is 11.3 Å². The van der Waals surface area contributed by atoms with Crippen molar-refractivity contribution in [2.75, 3.05) is 5.32 Å². The molecule has 1 aromatic carbocycles. The summed E-state index contributed by atoms with van der Waals surface area (Å²) >= 11 is 1.58. The molecule has 4 nitrogen and oxygen atoms in total. The summed E-state index contributed by atoms with van der Waals surface area (Å²) in [6.45, 7) is 1.99. The molecule has 2 rings (SSSR count). The summed E-state index contributed by atoms with van der Waals surface area (Å²) in [5.74, 6) is -1.43. The molecule has 1 heterocycles. The Morgan fingerprint density at radius 1 is 1.20 bits per heavy atom. The quantitative estimate of drug-likeness (QED) is 0.847. The molecule has 1 amide bonds. The minimum absolute atomic E-state index is 0.0706.